The van der Waals surface area contributed by atoms with E-state index in [1.807, 2.05) is 45.0 Å². The van der Waals surface area contributed by atoms with E-state index in [1.54, 1.807) is 24.3 Å². The number of hydrogen-bond acceptors (Lipinski definition) is 3. The van der Waals surface area contributed by atoms with Crippen LogP contribution >= 0.6 is 0 Å². The van der Waals surface area contributed by atoms with Crippen LogP contribution in [-0.4, -0.2) is 18.4 Å². The van der Waals surface area contributed by atoms with Gasteiger partial charge in [0.2, 0.25) is 11.8 Å². The van der Waals surface area contributed by atoms with E-state index in [-0.39, 0.29) is 24.2 Å². The average molecular weight is 340 g/mol. The highest BCUT2D eigenvalue weighted by Crippen LogP contribution is 2.17. The molecule has 0 aliphatic rings. The Hall–Kier alpha value is -2.82. The number of nitrogens with one attached hydrogen (secondary N) is 2. The highest BCUT2D eigenvalue weighted by Gasteiger charge is 2.09. The van der Waals surface area contributed by atoms with Crippen LogP contribution in [0.3, 0.4) is 0 Å². The van der Waals surface area contributed by atoms with Gasteiger partial charge < -0.3 is 15.4 Å². The Morgan fingerprint density at radius 1 is 1.00 bits per heavy atom. The molecule has 0 aliphatic heterocycles. The second-order valence-electron chi connectivity index (χ2n) is 6.03. The summed E-state index contributed by atoms with van der Waals surface area (Å²) in [6.07, 6.45) is 0.273. The molecule has 0 bridgehead atoms. The van der Waals surface area contributed by atoms with Crippen molar-refractivity contribution >= 4 is 23.2 Å². The van der Waals surface area contributed by atoms with Crippen LogP contribution in [0.25, 0.3) is 0 Å². The van der Waals surface area contributed by atoms with Crippen LogP contribution in [0.1, 0.15) is 26.3 Å². The summed E-state index contributed by atoms with van der Waals surface area (Å²) in [5, 5.41) is 5.67. The van der Waals surface area contributed by atoms with E-state index in [0.717, 1.165) is 11.3 Å². The fourth-order valence-corrected chi connectivity index (χ4v) is 2.22. The number of anilines is 2. The van der Waals surface area contributed by atoms with E-state index in [0.29, 0.717) is 18.0 Å². The topological polar surface area (TPSA) is 67.4 Å². The SMILES string of the molecule is CCOc1ccc(CC(=O)Nc2cccc(NC(=O)C(C)C)c2)cc1. The fraction of sp³-hybridized carbons (Fsp3) is 0.300. The third-order valence-electron chi connectivity index (χ3n) is 3.54. The quantitative estimate of drug-likeness (QED) is 0.804. The van der Waals surface area contributed by atoms with Gasteiger partial charge in [-0.25, -0.2) is 0 Å². The lowest BCUT2D eigenvalue weighted by atomic mass is 10.1. The van der Waals surface area contributed by atoms with Crippen LogP contribution in [0.5, 0.6) is 5.75 Å². The predicted molar refractivity (Wildman–Crippen MR) is 99.9 cm³/mol. The highest BCUT2D eigenvalue weighted by atomic mass is 16.5. The van der Waals surface area contributed by atoms with Crippen LogP contribution in [-0.2, 0) is 16.0 Å². The van der Waals surface area contributed by atoms with Gasteiger partial charge in [-0.3, -0.25) is 9.59 Å². The molecular formula is C20H24N2O3. The number of ether oxygens (including phenoxy) is 1. The Labute approximate surface area is 148 Å². The van der Waals surface area contributed by atoms with Gasteiger partial charge in [-0.2, -0.15) is 0 Å². The summed E-state index contributed by atoms with van der Waals surface area (Å²) >= 11 is 0. The van der Waals surface area contributed by atoms with Crippen molar-refractivity contribution in [1.29, 1.82) is 0 Å². The van der Waals surface area contributed by atoms with Crippen LogP contribution in [0.4, 0.5) is 11.4 Å². The lowest BCUT2D eigenvalue weighted by molar-refractivity contribution is -0.119. The molecule has 0 fully saturated rings. The standard InChI is InChI=1S/C20H24N2O3/c1-4-25-18-10-8-15(9-11-18)12-19(23)21-16-6-5-7-17(13-16)22-20(24)14(2)3/h5-11,13-14H,4,12H2,1-3H3,(H,21,23)(H,22,24). The molecule has 5 nitrogen and oxygen atoms in total. The van der Waals surface area contributed by atoms with Crippen LogP contribution in [0.2, 0.25) is 0 Å². The summed E-state index contributed by atoms with van der Waals surface area (Å²) < 4.78 is 5.39. The van der Waals surface area contributed by atoms with E-state index < -0.39 is 0 Å². The lowest BCUT2D eigenvalue weighted by Gasteiger charge is -2.10. The summed E-state index contributed by atoms with van der Waals surface area (Å²) in [6, 6.07) is 14.6. The Bertz CT molecular complexity index is 724. The highest BCUT2D eigenvalue weighted by molar-refractivity contribution is 5.95. The number of carbonyl (C=O) groups excluding carboxylic acids is 2. The molecule has 0 aromatic heterocycles. The van der Waals surface area contributed by atoms with Crippen molar-refractivity contribution in [3.8, 4) is 5.75 Å². The first kappa shape index (κ1) is 18.5. The zero-order chi connectivity index (χ0) is 18.2. The molecule has 2 N–H and O–H groups in total. The van der Waals surface area contributed by atoms with E-state index in [1.165, 1.54) is 0 Å². The van der Waals surface area contributed by atoms with Gasteiger partial charge in [0.15, 0.2) is 0 Å². The van der Waals surface area contributed by atoms with Gasteiger partial charge in [0, 0.05) is 17.3 Å². The largest absolute Gasteiger partial charge is 0.494 e. The minimum absolute atomic E-state index is 0.0575. The molecule has 0 radical (unpaired) electrons. The van der Waals surface area contributed by atoms with Crippen molar-refractivity contribution in [3.63, 3.8) is 0 Å². The molecule has 0 heterocycles. The maximum atomic E-state index is 12.2. The maximum Gasteiger partial charge on any atom is 0.228 e. The van der Waals surface area contributed by atoms with Gasteiger partial charge >= 0.3 is 0 Å². The number of benzene rings is 2. The normalized spacial score (nSPS) is 10.4. The Morgan fingerprint density at radius 3 is 2.24 bits per heavy atom. The van der Waals surface area contributed by atoms with Crippen LogP contribution < -0.4 is 15.4 Å². The van der Waals surface area contributed by atoms with Crippen molar-refractivity contribution < 1.29 is 14.3 Å². The van der Waals surface area contributed by atoms with Crippen molar-refractivity contribution in [3.05, 3.63) is 54.1 Å². The van der Waals surface area contributed by atoms with Gasteiger partial charge in [0.25, 0.3) is 0 Å². The number of amides is 2. The molecule has 132 valence electrons. The van der Waals surface area contributed by atoms with Crippen molar-refractivity contribution in [2.24, 2.45) is 5.92 Å². The molecule has 25 heavy (non-hydrogen) atoms. The van der Waals surface area contributed by atoms with E-state index in [4.69, 9.17) is 4.74 Å². The molecule has 5 heteroatoms. The summed E-state index contributed by atoms with van der Waals surface area (Å²) in [5.74, 6) is 0.521. The molecule has 0 unspecified atom stereocenters. The minimum Gasteiger partial charge on any atom is -0.494 e. The monoisotopic (exact) mass is 340 g/mol. The zero-order valence-electron chi connectivity index (χ0n) is 14.8. The first-order chi connectivity index (χ1) is 12.0. The average Bonchev–Trinajstić information content (AvgIpc) is 2.57. The summed E-state index contributed by atoms with van der Waals surface area (Å²) in [4.78, 5) is 24.0. The van der Waals surface area contributed by atoms with Crippen LogP contribution in [0.15, 0.2) is 48.5 Å². The maximum absolute atomic E-state index is 12.2. The molecule has 2 aromatic rings. The second kappa shape index (κ2) is 8.87. The molecule has 0 spiro atoms. The number of hydrogen-bond donors (Lipinski definition) is 2. The number of carbonyl (C=O) groups is 2. The van der Waals surface area contributed by atoms with Gasteiger partial charge in [0.05, 0.1) is 13.0 Å². The van der Waals surface area contributed by atoms with Gasteiger partial charge in [-0.15, -0.1) is 0 Å². The lowest BCUT2D eigenvalue weighted by Crippen LogP contribution is -2.18. The van der Waals surface area contributed by atoms with Gasteiger partial charge in [0.1, 0.15) is 5.75 Å². The third kappa shape index (κ3) is 5.95. The smallest absolute Gasteiger partial charge is 0.228 e. The van der Waals surface area contributed by atoms with Crippen molar-refractivity contribution in [1.82, 2.24) is 0 Å². The minimum atomic E-state index is -0.114. The molecule has 0 saturated carbocycles. The Morgan fingerprint density at radius 2 is 1.64 bits per heavy atom. The van der Waals surface area contributed by atoms with E-state index >= 15 is 0 Å². The predicted octanol–water partition coefficient (Wildman–Crippen LogP) is 3.86. The molecule has 0 saturated heterocycles. The first-order valence-corrected chi connectivity index (χ1v) is 8.40. The molecule has 0 atom stereocenters. The molecule has 0 aliphatic carbocycles. The summed E-state index contributed by atoms with van der Waals surface area (Å²) in [5.41, 5.74) is 2.22. The van der Waals surface area contributed by atoms with E-state index in [2.05, 4.69) is 10.6 Å². The van der Waals surface area contributed by atoms with Crippen molar-refractivity contribution in [2.75, 3.05) is 17.2 Å². The van der Waals surface area contributed by atoms with Crippen LogP contribution in [0, 0.1) is 5.92 Å². The fourth-order valence-electron chi connectivity index (χ4n) is 2.22. The first-order valence-electron chi connectivity index (χ1n) is 8.40. The summed E-state index contributed by atoms with van der Waals surface area (Å²) in [7, 11) is 0. The van der Waals surface area contributed by atoms with Crippen molar-refractivity contribution in [2.45, 2.75) is 27.2 Å². The Kier molecular flexibility index (Phi) is 6.57. The summed E-state index contributed by atoms with van der Waals surface area (Å²) in [6.45, 7) is 6.21. The third-order valence-corrected chi connectivity index (χ3v) is 3.54. The number of rotatable bonds is 7. The van der Waals surface area contributed by atoms with E-state index in [9.17, 15) is 9.59 Å². The van der Waals surface area contributed by atoms with Gasteiger partial charge in [-0.05, 0) is 42.8 Å². The molecule has 2 rings (SSSR count). The molecule has 2 aromatic carbocycles. The molecule has 2 amide bonds. The zero-order valence-corrected chi connectivity index (χ0v) is 14.8. The Balaban J connectivity index is 1.94. The molecular weight excluding hydrogens is 316 g/mol. The second-order valence-corrected chi connectivity index (χ2v) is 6.03. The van der Waals surface area contributed by atoms with Gasteiger partial charge in [-0.1, -0.05) is 32.0 Å².